The maximum absolute atomic E-state index is 12.5. The zero-order chi connectivity index (χ0) is 20.6. The van der Waals surface area contributed by atoms with Crippen molar-refractivity contribution in [2.45, 2.75) is 31.8 Å². The van der Waals surface area contributed by atoms with E-state index in [-0.39, 0.29) is 36.0 Å². The molecule has 1 amide bonds. The fraction of sp³-hybridized carbons (Fsp3) is 0.636. The van der Waals surface area contributed by atoms with Crippen LogP contribution in [-0.4, -0.2) is 88.2 Å². The summed E-state index contributed by atoms with van der Waals surface area (Å²) >= 11 is 0. The summed E-state index contributed by atoms with van der Waals surface area (Å²) in [6, 6.07) is 8.74. The molecule has 2 heterocycles. The number of rotatable bonds is 6. The number of aryl methyl sites for hydroxylation is 1. The molecule has 7 nitrogen and oxygen atoms in total. The second kappa shape index (κ2) is 12.3. The Kier molecular flexibility index (Phi) is 10.2. The van der Waals surface area contributed by atoms with Crippen molar-refractivity contribution >= 4 is 41.5 Å². The summed E-state index contributed by atoms with van der Waals surface area (Å²) < 4.78 is 5.54. The SMILES string of the molecule is CN=C(NCCCc1ccc(N(C)C)cc1)N1CCN(C(=O)C2CCCO2)CC1.I. The number of carbonyl (C=O) groups is 1. The first-order valence-electron chi connectivity index (χ1n) is 10.7. The van der Waals surface area contributed by atoms with Gasteiger partial charge in [0.25, 0.3) is 5.91 Å². The average molecular weight is 529 g/mol. The van der Waals surface area contributed by atoms with Crippen LogP contribution in [0.15, 0.2) is 29.3 Å². The van der Waals surface area contributed by atoms with Crippen LogP contribution in [-0.2, 0) is 16.0 Å². The smallest absolute Gasteiger partial charge is 0.251 e. The van der Waals surface area contributed by atoms with Crippen molar-refractivity contribution in [2.75, 3.05) is 65.4 Å². The van der Waals surface area contributed by atoms with Gasteiger partial charge in [0.2, 0.25) is 0 Å². The molecule has 168 valence electrons. The van der Waals surface area contributed by atoms with Gasteiger partial charge in [0.1, 0.15) is 6.10 Å². The number of halogens is 1. The first kappa shape index (κ1) is 24.7. The van der Waals surface area contributed by atoms with Crippen LogP contribution in [0.3, 0.4) is 0 Å². The predicted molar refractivity (Wildman–Crippen MR) is 133 cm³/mol. The molecule has 2 aliphatic rings. The summed E-state index contributed by atoms with van der Waals surface area (Å²) in [5, 5.41) is 3.48. The largest absolute Gasteiger partial charge is 0.378 e. The van der Waals surface area contributed by atoms with Gasteiger partial charge < -0.3 is 24.8 Å². The first-order valence-corrected chi connectivity index (χ1v) is 10.7. The summed E-state index contributed by atoms with van der Waals surface area (Å²) in [5.74, 6) is 1.09. The first-order chi connectivity index (χ1) is 14.1. The van der Waals surface area contributed by atoms with Crippen LogP contribution < -0.4 is 10.2 Å². The number of carbonyl (C=O) groups excluding carboxylic acids is 1. The number of amides is 1. The molecular weight excluding hydrogens is 493 g/mol. The molecule has 2 aliphatic heterocycles. The number of aliphatic imine (C=N–C) groups is 1. The van der Waals surface area contributed by atoms with Crippen LogP contribution in [0.4, 0.5) is 5.69 Å². The van der Waals surface area contributed by atoms with E-state index in [4.69, 9.17) is 4.74 Å². The topological polar surface area (TPSA) is 60.4 Å². The number of nitrogens with one attached hydrogen (secondary N) is 1. The highest BCUT2D eigenvalue weighted by Gasteiger charge is 2.30. The number of nitrogens with zero attached hydrogens (tertiary/aromatic N) is 4. The lowest BCUT2D eigenvalue weighted by molar-refractivity contribution is -0.142. The molecule has 8 heteroatoms. The van der Waals surface area contributed by atoms with Gasteiger partial charge in [-0.15, -0.1) is 24.0 Å². The number of hydrogen-bond donors (Lipinski definition) is 1. The van der Waals surface area contributed by atoms with Crippen LogP contribution in [0.25, 0.3) is 0 Å². The highest BCUT2D eigenvalue weighted by atomic mass is 127. The zero-order valence-corrected chi connectivity index (χ0v) is 20.8. The van der Waals surface area contributed by atoms with Crippen molar-refractivity contribution in [1.29, 1.82) is 0 Å². The van der Waals surface area contributed by atoms with E-state index in [0.717, 1.165) is 64.4 Å². The Morgan fingerprint density at radius 1 is 1.17 bits per heavy atom. The van der Waals surface area contributed by atoms with Crippen molar-refractivity contribution < 1.29 is 9.53 Å². The standard InChI is InChI=1S/C22H35N5O2.HI/c1-23-22(24-12-4-6-18-8-10-19(11-9-18)25(2)3)27-15-13-26(14-16-27)21(28)20-7-5-17-29-20;/h8-11,20H,4-7,12-17H2,1-3H3,(H,23,24);1H. The molecular formula is C22H36IN5O2. The van der Waals surface area contributed by atoms with Gasteiger partial charge in [-0.1, -0.05) is 12.1 Å². The number of ether oxygens (including phenoxy) is 1. The molecule has 0 bridgehead atoms. The second-order valence-corrected chi connectivity index (χ2v) is 7.95. The van der Waals surface area contributed by atoms with Gasteiger partial charge in [0, 0.05) is 66.2 Å². The Hall–Kier alpha value is -1.55. The Balaban J connectivity index is 0.00000320. The fourth-order valence-corrected chi connectivity index (χ4v) is 3.90. The van der Waals surface area contributed by atoms with Crippen LogP contribution in [0, 0.1) is 0 Å². The van der Waals surface area contributed by atoms with Gasteiger partial charge in [-0.2, -0.15) is 0 Å². The summed E-state index contributed by atoms with van der Waals surface area (Å²) in [4.78, 5) is 23.2. The molecule has 30 heavy (non-hydrogen) atoms. The van der Waals surface area contributed by atoms with E-state index in [9.17, 15) is 4.79 Å². The van der Waals surface area contributed by atoms with E-state index in [2.05, 4.69) is 58.5 Å². The van der Waals surface area contributed by atoms with E-state index < -0.39 is 0 Å². The molecule has 1 aromatic carbocycles. The van der Waals surface area contributed by atoms with E-state index in [1.54, 1.807) is 0 Å². The average Bonchev–Trinajstić information content (AvgIpc) is 3.29. The number of benzene rings is 1. The zero-order valence-electron chi connectivity index (χ0n) is 18.5. The Bertz CT molecular complexity index is 681. The van der Waals surface area contributed by atoms with Gasteiger partial charge in [0.05, 0.1) is 0 Å². The minimum absolute atomic E-state index is 0. The molecule has 0 aliphatic carbocycles. The molecule has 1 aromatic rings. The van der Waals surface area contributed by atoms with Crippen LogP contribution in [0.5, 0.6) is 0 Å². The third kappa shape index (κ3) is 6.73. The molecule has 0 saturated carbocycles. The fourth-order valence-electron chi connectivity index (χ4n) is 3.90. The van der Waals surface area contributed by atoms with Crippen molar-refractivity contribution in [3.8, 4) is 0 Å². The van der Waals surface area contributed by atoms with Gasteiger partial charge in [-0.25, -0.2) is 0 Å². The monoisotopic (exact) mass is 529 g/mol. The minimum Gasteiger partial charge on any atom is -0.378 e. The van der Waals surface area contributed by atoms with Gasteiger partial charge in [-0.3, -0.25) is 9.79 Å². The summed E-state index contributed by atoms with van der Waals surface area (Å²) in [7, 11) is 5.94. The number of piperazine rings is 1. The minimum atomic E-state index is -0.217. The third-order valence-corrected chi connectivity index (χ3v) is 5.69. The molecule has 1 unspecified atom stereocenters. The van der Waals surface area contributed by atoms with Crippen molar-refractivity contribution in [3.63, 3.8) is 0 Å². The Morgan fingerprint density at radius 2 is 1.83 bits per heavy atom. The molecule has 3 rings (SSSR count). The molecule has 2 fully saturated rings. The van der Waals surface area contributed by atoms with E-state index in [1.165, 1.54) is 11.3 Å². The lowest BCUT2D eigenvalue weighted by atomic mass is 10.1. The lowest BCUT2D eigenvalue weighted by Gasteiger charge is -2.37. The van der Waals surface area contributed by atoms with Crippen molar-refractivity contribution in [1.82, 2.24) is 15.1 Å². The van der Waals surface area contributed by atoms with Gasteiger partial charge >= 0.3 is 0 Å². The predicted octanol–water partition coefficient (Wildman–Crippen LogP) is 2.20. The Morgan fingerprint density at radius 3 is 2.40 bits per heavy atom. The molecule has 0 radical (unpaired) electrons. The van der Waals surface area contributed by atoms with Crippen molar-refractivity contribution in [2.24, 2.45) is 4.99 Å². The highest BCUT2D eigenvalue weighted by Crippen LogP contribution is 2.16. The van der Waals surface area contributed by atoms with E-state index in [0.29, 0.717) is 6.61 Å². The van der Waals surface area contributed by atoms with Gasteiger partial charge in [-0.05, 0) is 43.4 Å². The molecule has 1 atom stereocenters. The maximum atomic E-state index is 12.5. The van der Waals surface area contributed by atoms with Gasteiger partial charge in [0.15, 0.2) is 5.96 Å². The number of hydrogen-bond acceptors (Lipinski definition) is 4. The number of anilines is 1. The molecule has 0 spiro atoms. The van der Waals surface area contributed by atoms with Crippen LogP contribution in [0.2, 0.25) is 0 Å². The normalized spacial score (nSPS) is 19.4. The van der Waals surface area contributed by atoms with Crippen molar-refractivity contribution in [3.05, 3.63) is 29.8 Å². The quantitative estimate of drug-likeness (QED) is 0.265. The highest BCUT2D eigenvalue weighted by molar-refractivity contribution is 14.0. The Labute approximate surface area is 197 Å². The maximum Gasteiger partial charge on any atom is 0.251 e. The lowest BCUT2D eigenvalue weighted by Crippen LogP contribution is -2.55. The summed E-state index contributed by atoms with van der Waals surface area (Å²) in [6.45, 7) is 4.69. The third-order valence-electron chi connectivity index (χ3n) is 5.69. The van der Waals surface area contributed by atoms with Crippen LogP contribution in [0.1, 0.15) is 24.8 Å². The van der Waals surface area contributed by atoms with E-state index in [1.807, 2.05) is 11.9 Å². The summed E-state index contributed by atoms with van der Waals surface area (Å²) in [5.41, 5.74) is 2.58. The van der Waals surface area contributed by atoms with Crippen LogP contribution >= 0.6 is 24.0 Å². The molecule has 0 aromatic heterocycles. The van der Waals surface area contributed by atoms with E-state index >= 15 is 0 Å². The number of guanidine groups is 1. The summed E-state index contributed by atoms with van der Waals surface area (Å²) in [6.07, 6.45) is 3.73. The second-order valence-electron chi connectivity index (χ2n) is 7.95. The molecule has 1 N–H and O–H groups in total. The molecule has 2 saturated heterocycles.